The number of carboxylic acids is 1. The standard InChI is InChI=1S/C21H21NO4S/c1-12(2)15-10-14(13(3)9-18(15)25-4)11-19(20(23)24)27-21-22-16-7-5-6-8-17(16)26-21/h5-12H,1-4H3,(H,23,24)/p-1/b19-11-. The Hall–Kier alpha value is -2.73. The molecule has 0 aliphatic rings. The number of aryl methyl sites for hydroxylation is 1. The van der Waals surface area contributed by atoms with Crippen molar-refractivity contribution in [3.63, 3.8) is 0 Å². The molecule has 5 nitrogen and oxygen atoms in total. The molecule has 0 saturated carbocycles. The molecule has 3 aromatic rings. The number of oxazole rings is 1. The van der Waals surface area contributed by atoms with E-state index in [-0.39, 0.29) is 16.0 Å². The third-order valence-electron chi connectivity index (χ3n) is 4.20. The zero-order valence-corrected chi connectivity index (χ0v) is 16.4. The largest absolute Gasteiger partial charge is 0.544 e. The topological polar surface area (TPSA) is 75.4 Å². The van der Waals surface area contributed by atoms with Crippen LogP contribution >= 0.6 is 11.8 Å². The van der Waals surface area contributed by atoms with Gasteiger partial charge in [0.2, 0.25) is 0 Å². The minimum atomic E-state index is -1.27. The molecule has 0 aliphatic heterocycles. The van der Waals surface area contributed by atoms with Crippen LogP contribution in [0.25, 0.3) is 17.2 Å². The first-order valence-electron chi connectivity index (χ1n) is 8.54. The van der Waals surface area contributed by atoms with Crippen LogP contribution in [0.4, 0.5) is 0 Å². The summed E-state index contributed by atoms with van der Waals surface area (Å²) < 4.78 is 11.1. The highest BCUT2D eigenvalue weighted by molar-refractivity contribution is 8.03. The smallest absolute Gasteiger partial charge is 0.261 e. The second-order valence-corrected chi connectivity index (χ2v) is 7.44. The van der Waals surface area contributed by atoms with Gasteiger partial charge in [-0.15, -0.1) is 0 Å². The van der Waals surface area contributed by atoms with Crippen molar-refractivity contribution in [2.45, 2.75) is 31.9 Å². The average molecular weight is 382 g/mol. The molecular weight excluding hydrogens is 362 g/mol. The fourth-order valence-corrected chi connectivity index (χ4v) is 3.49. The van der Waals surface area contributed by atoms with Crippen molar-refractivity contribution in [2.75, 3.05) is 7.11 Å². The molecule has 3 rings (SSSR count). The van der Waals surface area contributed by atoms with E-state index in [0.29, 0.717) is 11.1 Å². The number of para-hydroxylation sites is 2. The van der Waals surface area contributed by atoms with Crippen LogP contribution in [0, 0.1) is 6.92 Å². The molecule has 6 heteroatoms. The lowest BCUT2D eigenvalue weighted by Gasteiger charge is -2.15. The Kier molecular flexibility index (Phi) is 5.56. The molecular formula is C21H20NO4S-. The number of benzene rings is 2. The Labute approximate surface area is 162 Å². The number of nitrogens with zero attached hydrogens (tertiary/aromatic N) is 1. The number of carbonyl (C=O) groups is 1. The van der Waals surface area contributed by atoms with Crippen molar-refractivity contribution in [1.82, 2.24) is 4.98 Å². The summed E-state index contributed by atoms with van der Waals surface area (Å²) >= 11 is 0.940. The van der Waals surface area contributed by atoms with Crippen LogP contribution in [0.2, 0.25) is 0 Å². The number of carboxylic acid groups (broad SMARTS) is 1. The van der Waals surface area contributed by atoms with E-state index in [0.717, 1.165) is 34.2 Å². The predicted molar refractivity (Wildman–Crippen MR) is 105 cm³/mol. The highest BCUT2D eigenvalue weighted by Gasteiger charge is 2.13. The van der Waals surface area contributed by atoms with Crippen LogP contribution in [0.1, 0.15) is 36.5 Å². The maximum Gasteiger partial charge on any atom is 0.261 e. The summed E-state index contributed by atoms with van der Waals surface area (Å²) in [6, 6.07) is 11.2. The van der Waals surface area contributed by atoms with E-state index in [1.807, 2.05) is 37.3 Å². The third-order valence-corrected chi connectivity index (χ3v) is 5.05. The van der Waals surface area contributed by atoms with E-state index in [4.69, 9.17) is 9.15 Å². The van der Waals surface area contributed by atoms with Gasteiger partial charge in [-0.1, -0.05) is 26.0 Å². The van der Waals surface area contributed by atoms with Gasteiger partial charge in [-0.3, -0.25) is 0 Å². The lowest BCUT2D eigenvalue weighted by atomic mass is 9.96. The maximum atomic E-state index is 11.7. The van der Waals surface area contributed by atoms with Gasteiger partial charge in [-0.25, -0.2) is 4.98 Å². The van der Waals surface area contributed by atoms with Crippen LogP contribution in [-0.4, -0.2) is 18.1 Å². The number of thioether (sulfide) groups is 1. The number of carbonyl (C=O) groups excluding carboxylic acids is 1. The molecule has 1 aromatic heterocycles. The number of aliphatic carboxylic acids is 1. The van der Waals surface area contributed by atoms with Crippen molar-refractivity contribution in [3.8, 4) is 5.75 Å². The lowest BCUT2D eigenvalue weighted by Crippen LogP contribution is -2.23. The molecule has 0 N–H and O–H groups in total. The minimum Gasteiger partial charge on any atom is -0.544 e. The molecule has 0 fully saturated rings. The fourth-order valence-electron chi connectivity index (χ4n) is 2.76. The third kappa shape index (κ3) is 4.17. The summed E-state index contributed by atoms with van der Waals surface area (Å²) in [5.74, 6) is -0.242. The number of aromatic nitrogens is 1. The number of methoxy groups -OCH3 is 1. The number of hydrogen-bond acceptors (Lipinski definition) is 6. The molecule has 0 atom stereocenters. The summed E-state index contributed by atoms with van der Waals surface area (Å²) in [6.07, 6.45) is 1.59. The van der Waals surface area contributed by atoms with Gasteiger partial charge in [0, 0.05) is 4.91 Å². The van der Waals surface area contributed by atoms with Crippen molar-refractivity contribution >= 4 is 34.9 Å². The summed E-state index contributed by atoms with van der Waals surface area (Å²) in [5, 5.41) is 11.9. The van der Waals surface area contributed by atoms with Crippen molar-refractivity contribution < 1.29 is 19.1 Å². The summed E-state index contributed by atoms with van der Waals surface area (Å²) in [6.45, 7) is 6.04. The van der Waals surface area contributed by atoms with Gasteiger partial charge >= 0.3 is 0 Å². The van der Waals surface area contributed by atoms with Crippen LogP contribution in [0.5, 0.6) is 5.75 Å². The molecule has 0 saturated heterocycles. The van der Waals surface area contributed by atoms with E-state index in [9.17, 15) is 9.90 Å². The molecule has 0 amide bonds. The summed E-state index contributed by atoms with van der Waals surface area (Å²) in [5.41, 5.74) is 4.01. The molecule has 0 bridgehead atoms. The van der Waals surface area contributed by atoms with Gasteiger partial charge in [0.05, 0.1) is 13.1 Å². The van der Waals surface area contributed by atoms with Gasteiger partial charge in [-0.05, 0) is 71.6 Å². The van der Waals surface area contributed by atoms with Crippen LogP contribution in [0.15, 0.2) is 50.9 Å². The SMILES string of the molecule is COc1cc(C)c(/C=C(\Sc2nc3ccccc3o2)C(=O)[O-])cc1C(C)C. The predicted octanol–water partition coefficient (Wildman–Crippen LogP) is 4.15. The number of fused-ring (bicyclic) bond motifs is 1. The Morgan fingerprint density at radius 2 is 2.04 bits per heavy atom. The fraction of sp³-hybridized carbons (Fsp3) is 0.238. The zero-order valence-electron chi connectivity index (χ0n) is 15.6. The van der Waals surface area contributed by atoms with Gasteiger partial charge in [0.15, 0.2) is 5.58 Å². The molecule has 27 heavy (non-hydrogen) atoms. The van der Waals surface area contributed by atoms with Gasteiger partial charge in [-0.2, -0.15) is 0 Å². The first kappa shape index (κ1) is 19.0. The van der Waals surface area contributed by atoms with Crippen LogP contribution in [0.3, 0.4) is 0 Å². The van der Waals surface area contributed by atoms with Crippen molar-refractivity contribution in [1.29, 1.82) is 0 Å². The van der Waals surface area contributed by atoms with Crippen molar-refractivity contribution in [2.24, 2.45) is 0 Å². The van der Waals surface area contributed by atoms with Crippen molar-refractivity contribution in [3.05, 3.63) is 58.0 Å². The summed E-state index contributed by atoms with van der Waals surface area (Å²) in [7, 11) is 1.63. The monoisotopic (exact) mass is 382 g/mol. The van der Waals surface area contributed by atoms with Gasteiger partial charge < -0.3 is 19.1 Å². The average Bonchev–Trinajstić information content (AvgIpc) is 3.04. The Morgan fingerprint density at radius 3 is 2.67 bits per heavy atom. The van der Waals surface area contributed by atoms with E-state index in [2.05, 4.69) is 18.8 Å². The normalized spacial score (nSPS) is 12.0. The quantitative estimate of drug-likeness (QED) is 0.471. The number of ether oxygens (including phenoxy) is 1. The maximum absolute atomic E-state index is 11.7. The molecule has 0 radical (unpaired) electrons. The molecule has 0 unspecified atom stereocenters. The number of rotatable bonds is 6. The molecule has 2 aromatic carbocycles. The second kappa shape index (κ2) is 7.88. The Morgan fingerprint density at radius 1 is 1.30 bits per heavy atom. The molecule has 140 valence electrons. The minimum absolute atomic E-state index is 0.0320. The highest BCUT2D eigenvalue weighted by Crippen LogP contribution is 2.34. The summed E-state index contributed by atoms with van der Waals surface area (Å²) in [4.78, 5) is 16.0. The van der Waals surface area contributed by atoms with Gasteiger partial charge in [0.1, 0.15) is 11.3 Å². The number of hydrogen-bond donors (Lipinski definition) is 0. The Bertz CT molecular complexity index is 987. The second-order valence-electron chi connectivity index (χ2n) is 6.45. The van der Waals surface area contributed by atoms with Gasteiger partial charge in [0.25, 0.3) is 5.22 Å². The molecule has 0 aliphatic carbocycles. The molecule has 0 spiro atoms. The van der Waals surface area contributed by atoms with E-state index < -0.39 is 5.97 Å². The Balaban J connectivity index is 2.00. The van der Waals surface area contributed by atoms with Crippen LogP contribution in [-0.2, 0) is 4.79 Å². The van der Waals surface area contributed by atoms with E-state index in [1.165, 1.54) is 0 Å². The lowest BCUT2D eigenvalue weighted by molar-refractivity contribution is -0.298. The molecule has 1 heterocycles. The highest BCUT2D eigenvalue weighted by atomic mass is 32.2. The van der Waals surface area contributed by atoms with Crippen LogP contribution < -0.4 is 9.84 Å². The first-order chi connectivity index (χ1) is 12.9. The van der Waals surface area contributed by atoms with E-state index in [1.54, 1.807) is 19.3 Å². The first-order valence-corrected chi connectivity index (χ1v) is 9.35. The zero-order chi connectivity index (χ0) is 19.6. The van der Waals surface area contributed by atoms with E-state index >= 15 is 0 Å².